The number of amides is 1. The Morgan fingerprint density at radius 3 is 2.62 bits per heavy atom. The van der Waals surface area contributed by atoms with Crippen LogP contribution in [-0.2, 0) is 6.42 Å². The van der Waals surface area contributed by atoms with Crippen LogP contribution in [-0.4, -0.2) is 51.4 Å². The number of pyridine rings is 1. The molecule has 29 heavy (non-hydrogen) atoms. The molecule has 0 saturated carbocycles. The average Bonchev–Trinajstić information content (AvgIpc) is 2.80. The lowest BCUT2D eigenvalue weighted by atomic mass is 10.0. The molecule has 4 rings (SSSR count). The van der Waals surface area contributed by atoms with Crippen molar-refractivity contribution >= 4 is 5.91 Å². The van der Waals surface area contributed by atoms with E-state index in [1.54, 1.807) is 18.5 Å². The van der Waals surface area contributed by atoms with Crippen molar-refractivity contribution in [2.24, 2.45) is 0 Å². The molecule has 1 aliphatic rings. The van der Waals surface area contributed by atoms with Crippen LogP contribution in [0.15, 0.2) is 67.1 Å². The van der Waals surface area contributed by atoms with Gasteiger partial charge in [-0.15, -0.1) is 0 Å². The number of aromatic nitrogens is 3. The van der Waals surface area contributed by atoms with E-state index in [9.17, 15) is 4.79 Å². The minimum Gasteiger partial charge on any atom is -0.338 e. The first-order chi connectivity index (χ1) is 14.3. The van der Waals surface area contributed by atoms with E-state index in [4.69, 9.17) is 0 Å². The van der Waals surface area contributed by atoms with Crippen molar-refractivity contribution in [2.45, 2.75) is 25.3 Å². The lowest BCUT2D eigenvalue weighted by molar-refractivity contribution is 0.0705. The molecule has 6 nitrogen and oxygen atoms in total. The smallest absolute Gasteiger partial charge is 0.255 e. The van der Waals surface area contributed by atoms with Crippen molar-refractivity contribution in [2.75, 3.05) is 19.6 Å². The van der Waals surface area contributed by atoms with Crippen LogP contribution in [0.2, 0.25) is 0 Å². The summed E-state index contributed by atoms with van der Waals surface area (Å²) in [6.45, 7) is 2.37. The molecule has 0 atom stereocenters. The average molecular weight is 387 g/mol. The first-order valence-corrected chi connectivity index (χ1v) is 10.1. The van der Waals surface area contributed by atoms with E-state index in [2.05, 4.69) is 32.4 Å². The molecule has 1 N–H and O–H groups in total. The second-order valence-corrected chi connectivity index (χ2v) is 7.24. The highest BCUT2D eigenvalue weighted by molar-refractivity contribution is 5.93. The Kier molecular flexibility index (Phi) is 6.22. The first-order valence-electron chi connectivity index (χ1n) is 10.1. The zero-order chi connectivity index (χ0) is 19.9. The summed E-state index contributed by atoms with van der Waals surface area (Å²) in [4.78, 5) is 27.6. The maximum atomic E-state index is 12.5. The Balaban J connectivity index is 1.24. The van der Waals surface area contributed by atoms with Gasteiger partial charge in [0.25, 0.3) is 5.91 Å². The minimum atomic E-state index is 0.0719. The summed E-state index contributed by atoms with van der Waals surface area (Å²) in [5.41, 5.74) is 2.72. The van der Waals surface area contributed by atoms with Crippen molar-refractivity contribution < 1.29 is 4.79 Å². The van der Waals surface area contributed by atoms with Crippen LogP contribution in [0.1, 0.15) is 29.0 Å². The monoisotopic (exact) mass is 387 g/mol. The number of nitrogens with zero attached hydrogens (tertiary/aromatic N) is 4. The Hall–Kier alpha value is -3.12. The number of nitrogens with one attached hydrogen (secondary N) is 1. The number of carbonyl (C=O) groups is 1. The number of hydrogen-bond donors (Lipinski definition) is 1. The zero-order valence-corrected chi connectivity index (χ0v) is 16.4. The summed E-state index contributed by atoms with van der Waals surface area (Å²) >= 11 is 0. The Bertz CT molecular complexity index is 924. The van der Waals surface area contributed by atoms with E-state index in [1.807, 2.05) is 41.4 Å². The van der Waals surface area contributed by atoms with Gasteiger partial charge >= 0.3 is 0 Å². The molecule has 3 heterocycles. The van der Waals surface area contributed by atoms with E-state index < -0.39 is 0 Å². The number of benzene rings is 1. The van der Waals surface area contributed by atoms with Crippen LogP contribution in [0, 0.1) is 0 Å². The fourth-order valence-electron chi connectivity index (χ4n) is 3.64. The van der Waals surface area contributed by atoms with Gasteiger partial charge in [0.05, 0.1) is 11.3 Å². The highest BCUT2D eigenvalue weighted by Crippen LogP contribution is 2.16. The minimum absolute atomic E-state index is 0.0719. The second-order valence-electron chi connectivity index (χ2n) is 7.24. The fraction of sp³-hybridized carbons (Fsp3) is 0.304. The second kappa shape index (κ2) is 9.39. The summed E-state index contributed by atoms with van der Waals surface area (Å²) in [7, 11) is 0. The van der Waals surface area contributed by atoms with Gasteiger partial charge in [-0.1, -0.05) is 30.3 Å². The SMILES string of the molecule is O=C(c1cccnc1)N1CCC(NCCc2nccc(-c3ccccc3)n2)CC1. The van der Waals surface area contributed by atoms with Gasteiger partial charge in [0.2, 0.25) is 0 Å². The standard InChI is InChI=1S/C23H25N5O/c29-23(19-7-4-12-24-17-19)28-15-10-20(11-16-28)25-14-9-22-26-13-8-21(27-22)18-5-2-1-3-6-18/h1-8,12-13,17,20,25H,9-11,14-16H2. The molecule has 0 bridgehead atoms. The van der Waals surface area contributed by atoms with E-state index in [1.165, 1.54) is 0 Å². The summed E-state index contributed by atoms with van der Waals surface area (Å²) in [5.74, 6) is 0.922. The number of carbonyl (C=O) groups excluding carboxylic acids is 1. The quantitative estimate of drug-likeness (QED) is 0.704. The van der Waals surface area contributed by atoms with Gasteiger partial charge in [-0.05, 0) is 31.0 Å². The van der Waals surface area contributed by atoms with Crippen molar-refractivity contribution in [1.82, 2.24) is 25.2 Å². The number of rotatable bonds is 6. The van der Waals surface area contributed by atoms with E-state index >= 15 is 0 Å². The van der Waals surface area contributed by atoms with Crippen molar-refractivity contribution in [3.05, 3.63) is 78.5 Å². The molecular formula is C23H25N5O. The van der Waals surface area contributed by atoms with Crippen LogP contribution in [0.25, 0.3) is 11.3 Å². The highest BCUT2D eigenvalue weighted by Gasteiger charge is 2.23. The highest BCUT2D eigenvalue weighted by atomic mass is 16.2. The number of piperidine rings is 1. The molecule has 1 aromatic carbocycles. The molecule has 0 unspecified atom stereocenters. The Morgan fingerprint density at radius 1 is 1.03 bits per heavy atom. The van der Waals surface area contributed by atoms with E-state index in [0.717, 1.165) is 56.0 Å². The van der Waals surface area contributed by atoms with Crippen molar-refractivity contribution in [3.8, 4) is 11.3 Å². The first kappa shape index (κ1) is 19.2. The molecule has 0 aliphatic carbocycles. The van der Waals surface area contributed by atoms with Crippen LogP contribution < -0.4 is 5.32 Å². The summed E-state index contributed by atoms with van der Waals surface area (Å²) in [5, 5.41) is 3.60. The number of hydrogen-bond acceptors (Lipinski definition) is 5. The molecular weight excluding hydrogens is 362 g/mol. The summed E-state index contributed by atoms with van der Waals surface area (Å²) < 4.78 is 0. The van der Waals surface area contributed by atoms with Gasteiger partial charge in [-0.3, -0.25) is 9.78 Å². The molecule has 148 valence electrons. The van der Waals surface area contributed by atoms with Gasteiger partial charge < -0.3 is 10.2 Å². The van der Waals surface area contributed by atoms with Crippen molar-refractivity contribution in [1.29, 1.82) is 0 Å². The fourth-order valence-corrected chi connectivity index (χ4v) is 3.64. The molecule has 0 spiro atoms. The maximum absolute atomic E-state index is 12.5. The third kappa shape index (κ3) is 5.03. The lowest BCUT2D eigenvalue weighted by Crippen LogP contribution is -2.45. The summed E-state index contributed by atoms with van der Waals surface area (Å²) in [6, 6.07) is 16.2. The van der Waals surface area contributed by atoms with Crippen LogP contribution in [0.3, 0.4) is 0 Å². The van der Waals surface area contributed by atoms with Gasteiger partial charge in [0.1, 0.15) is 5.82 Å². The molecule has 1 fully saturated rings. The lowest BCUT2D eigenvalue weighted by Gasteiger charge is -2.32. The van der Waals surface area contributed by atoms with Gasteiger partial charge in [-0.25, -0.2) is 9.97 Å². The Morgan fingerprint density at radius 2 is 1.86 bits per heavy atom. The van der Waals surface area contributed by atoms with Gasteiger partial charge in [0.15, 0.2) is 0 Å². The largest absolute Gasteiger partial charge is 0.338 e. The van der Waals surface area contributed by atoms with Crippen LogP contribution >= 0.6 is 0 Å². The van der Waals surface area contributed by atoms with Crippen molar-refractivity contribution in [3.63, 3.8) is 0 Å². The molecule has 0 radical (unpaired) electrons. The molecule has 2 aromatic heterocycles. The molecule has 1 amide bonds. The van der Waals surface area contributed by atoms with Gasteiger partial charge in [-0.2, -0.15) is 0 Å². The molecule has 6 heteroatoms. The topological polar surface area (TPSA) is 71.0 Å². The third-order valence-corrected chi connectivity index (χ3v) is 5.25. The number of likely N-dealkylation sites (tertiary alicyclic amines) is 1. The molecule has 3 aromatic rings. The normalized spacial score (nSPS) is 14.7. The predicted octanol–water partition coefficient (Wildman–Crippen LogP) is 2.98. The van der Waals surface area contributed by atoms with Crippen LogP contribution in [0.4, 0.5) is 0 Å². The van der Waals surface area contributed by atoms with E-state index in [0.29, 0.717) is 11.6 Å². The Labute approximate surface area is 171 Å². The maximum Gasteiger partial charge on any atom is 0.255 e. The van der Waals surface area contributed by atoms with Gasteiger partial charge in [0, 0.05) is 56.3 Å². The zero-order valence-electron chi connectivity index (χ0n) is 16.4. The third-order valence-electron chi connectivity index (χ3n) is 5.25. The summed E-state index contributed by atoms with van der Waals surface area (Å²) in [6.07, 6.45) is 7.85. The van der Waals surface area contributed by atoms with Crippen LogP contribution in [0.5, 0.6) is 0 Å². The molecule has 1 aliphatic heterocycles. The molecule has 1 saturated heterocycles. The predicted molar refractivity (Wildman–Crippen MR) is 112 cm³/mol. The van der Waals surface area contributed by atoms with E-state index in [-0.39, 0.29) is 5.91 Å².